The molecule has 4 nitrogen and oxygen atoms in total. The number of H-pyrrole nitrogens is 2. The second kappa shape index (κ2) is 4.45. The highest BCUT2D eigenvalue weighted by molar-refractivity contribution is 5.75. The maximum Gasteiger partial charge on any atom is 0.323 e. The Morgan fingerprint density at radius 3 is 2.74 bits per heavy atom. The summed E-state index contributed by atoms with van der Waals surface area (Å²) in [5, 5.41) is 3.01. The molecule has 3 rings (SSSR count). The Balaban J connectivity index is 1.99. The first-order valence-corrected chi connectivity index (χ1v) is 6.38. The van der Waals surface area contributed by atoms with Crippen molar-refractivity contribution >= 4 is 11.0 Å². The van der Waals surface area contributed by atoms with Gasteiger partial charge in [0.1, 0.15) is 0 Å². The summed E-state index contributed by atoms with van der Waals surface area (Å²) < 4.78 is 28.9. The van der Waals surface area contributed by atoms with Gasteiger partial charge in [0.15, 0.2) is 0 Å². The number of halogens is 2. The van der Waals surface area contributed by atoms with Crippen LogP contribution in [0.1, 0.15) is 18.4 Å². The first-order valence-electron chi connectivity index (χ1n) is 6.38. The summed E-state index contributed by atoms with van der Waals surface area (Å²) in [4.78, 5) is 16.2. The quantitative estimate of drug-likeness (QED) is 0.778. The van der Waals surface area contributed by atoms with Gasteiger partial charge in [0.2, 0.25) is 0 Å². The van der Waals surface area contributed by atoms with E-state index in [0.717, 1.165) is 13.0 Å². The molecule has 19 heavy (non-hydrogen) atoms. The molecule has 0 spiro atoms. The minimum atomic E-state index is -2.88. The lowest BCUT2D eigenvalue weighted by Gasteiger charge is -2.30. The van der Waals surface area contributed by atoms with Gasteiger partial charge in [-0.25, -0.2) is 13.6 Å². The lowest BCUT2D eigenvalue weighted by molar-refractivity contribution is -0.0723. The van der Waals surface area contributed by atoms with Crippen LogP contribution in [0.2, 0.25) is 0 Å². The number of imidazole rings is 1. The van der Waals surface area contributed by atoms with E-state index in [-0.39, 0.29) is 11.3 Å². The summed E-state index contributed by atoms with van der Waals surface area (Å²) in [5.74, 6) is -3.57. The van der Waals surface area contributed by atoms with Crippen molar-refractivity contribution < 1.29 is 8.78 Å². The van der Waals surface area contributed by atoms with E-state index in [9.17, 15) is 13.6 Å². The summed E-state index contributed by atoms with van der Waals surface area (Å²) in [7, 11) is 0. The zero-order chi connectivity index (χ0) is 13.5. The molecule has 1 atom stereocenters. The van der Waals surface area contributed by atoms with E-state index in [4.69, 9.17) is 0 Å². The largest absolute Gasteiger partial charge is 0.323 e. The van der Waals surface area contributed by atoms with Crippen LogP contribution in [0.3, 0.4) is 0 Å². The van der Waals surface area contributed by atoms with Gasteiger partial charge in [-0.2, -0.15) is 0 Å². The van der Waals surface area contributed by atoms with Crippen molar-refractivity contribution in [3.8, 4) is 0 Å². The number of piperidine rings is 1. The second-order valence-corrected chi connectivity index (χ2v) is 5.01. The average molecular weight is 267 g/mol. The summed E-state index contributed by atoms with van der Waals surface area (Å²) in [6.45, 7) is 1.13. The highest BCUT2D eigenvalue weighted by Gasteiger charge is 2.41. The molecule has 1 fully saturated rings. The molecule has 0 saturated carbocycles. The summed E-state index contributed by atoms with van der Waals surface area (Å²) in [5.41, 5.74) is 0.552. The molecule has 2 aromatic rings. The van der Waals surface area contributed by atoms with Crippen molar-refractivity contribution in [2.45, 2.75) is 18.8 Å². The van der Waals surface area contributed by atoms with Crippen molar-refractivity contribution in [2.75, 3.05) is 13.1 Å². The maximum atomic E-state index is 14.4. The summed E-state index contributed by atoms with van der Waals surface area (Å²) in [6.07, 6.45) is 1.28. The SMILES string of the molecule is O=c1[nH]c2ccc(C(F)(F)C3CCCNC3)cc2[nH]1. The lowest BCUT2D eigenvalue weighted by Crippen LogP contribution is -2.39. The van der Waals surface area contributed by atoms with E-state index >= 15 is 0 Å². The summed E-state index contributed by atoms with van der Waals surface area (Å²) >= 11 is 0. The topological polar surface area (TPSA) is 60.7 Å². The van der Waals surface area contributed by atoms with Crippen LogP contribution in [-0.4, -0.2) is 23.1 Å². The van der Waals surface area contributed by atoms with Crippen molar-refractivity contribution in [1.82, 2.24) is 15.3 Å². The number of aromatic amines is 2. The molecule has 0 radical (unpaired) electrons. The van der Waals surface area contributed by atoms with Gasteiger partial charge in [-0.3, -0.25) is 0 Å². The Morgan fingerprint density at radius 1 is 1.21 bits per heavy atom. The minimum absolute atomic E-state index is 0.0380. The van der Waals surface area contributed by atoms with E-state index in [1.807, 2.05) is 0 Å². The third-order valence-electron chi connectivity index (χ3n) is 3.71. The molecule has 1 saturated heterocycles. The average Bonchev–Trinajstić information content (AvgIpc) is 2.78. The predicted molar refractivity (Wildman–Crippen MR) is 68.4 cm³/mol. The fourth-order valence-corrected chi connectivity index (χ4v) is 2.64. The number of benzene rings is 1. The molecule has 102 valence electrons. The summed E-state index contributed by atoms with van der Waals surface area (Å²) in [6, 6.07) is 4.27. The number of hydrogen-bond donors (Lipinski definition) is 3. The molecule has 0 bridgehead atoms. The molecule has 6 heteroatoms. The van der Waals surface area contributed by atoms with Gasteiger partial charge in [0, 0.05) is 18.0 Å². The van der Waals surface area contributed by atoms with E-state index < -0.39 is 11.8 Å². The van der Waals surface area contributed by atoms with Crippen LogP contribution in [0, 0.1) is 5.92 Å². The van der Waals surface area contributed by atoms with Gasteiger partial charge in [0.25, 0.3) is 5.92 Å². The maximum absolute atomic E-state index is 14.4. The Labute approximate surface area is 108 Å². The number of rotatable bonds is 2. The van der Waals surface area contributed by atoms with Crippen LogP contribution < -0.4 is 11.0 Å². The number of fused-ring (bicyclic) bond motifs is 1. The van der Waals surface area contributed by atoms with Crippen molar-refractivity contribution in [1.29, 1.82) is 0 Å². The molecule has 1 aromatic carbocycles. The van der Waals surface area contributed by atoms with Crippen LogP contribution in [0.15, 0.2) is 23.0 Å². The zero-order valence-electron chi connectivity index (χ0n) is 10.3. The molecule has 1 aromatic heterocycles. The number of alkyl halides is 2. The molecule has 0 amide bonds. The number of aromatic nitrogens is 2. The van der Waals surface area contributed by atoms with Gasteiger partial charge in [-0.15, -0.1) is 0 Å². The van der Waals surface area contributed by atoms with Crippen molar-refractivity contribution in [3.63, 3.8) is 0 Å². The van der Waals surface area contributed by atoms with Crippen LogP contribution in [0.4, 0.5) is 8.78 Å². The van der Waals surface area contributed by atoms with Gasteiger partial charge in [-0.05, 0) is 31.5 Å². The molecular weight excluding hydrogens is 252 g/mol. The van der Waals surface area contributed by atoms with Crippen LogP contribution in [0.5, 0.6) is 0 Å². The smallest absolute Gasteiger partial charge is 0.316 e. The third kappa shape index (κ3) is 2.16. The van der Waals surface area contributed by atoms with Crippen molar-refractivity contribution in [3.05, 3.63) is 34.2 Å². The first kappa shape index (κ1) is 12.3. The van der Waals surface area contributed by atoms with E-state index in [1.54, 1.807) is 0 Å². The molecule has 0 aliphatic carbocycles. The molecule has 1 aliphatic heterocycles. The highest BCUT2D eigenvalue weighted by Crippen LogP contribution is 2.39. The number of hydrogen-bond acceptors (Lipinski definition) is 2. The van der Waals surface area contributed by atoms with Crippen LogP contribution in [-0.2, 0) is 5.92 Å². The Hall–Kier alpha value is -1.69. The van der Waals surface area contributed by atoms with Gasteiger partial charge >= 0.3 is 5.69 Å². The predicted octanol–water partition coefficient (Wildman–Crippen LogP) is 1.95. The Morgan fingerprint density at radius 2 is 2.00 bits per heavy atom. The standard InChI is InChI=1S/C13H15F2N3O/c14-13(15,9-2-1-5-16-7-9)8-3-4-10-11(6-8)18-12(19)17-10/h3-4,6,9,16H,1-2,5,7H2,(H2,17,18,19). The van der Waals surface area contributed by atoms with Gasteiger partial charge < -0.3 is 15.3 Å². The molecule has 1 aliphatic rings. The zero-order valence-corrected chi connectivity index (χ0v) is 10.3. The van der Waals surface area contributed by atoms with Crippen LogP contribution >= 0.6 is 0 Å². The highest BCUT2D eigenvalue weighted by atomic mass is 19.3. The van der Waals surface area contributed by atoms with Crippen LogP contribution in [0.25, 0.3) is 11.0 Å². The molecule has 2 heterocycles. The molecular formula is C13H15F2N3O. The van der Waals surface area contributed by atoms with Gasteiger partial charge in [-0.1, -0.05) is 6.07 Å². The van der Waals surface area contributed by atoms with E-state index in [1.165, 1.54) is 18.2 Å². The van der Waals surface area contributed by atoms with Gasteiger partial charge in [0.05, 0.1) is 11.0 Å². The number of nitrogens with one attached hydrogen (secondary N) is 3. The normalized spacial score (nSPS) is 20.8. The van der Waals surface area contributed by atoms with Crippen molar-refractivity contribution in [2.24, 2.45) is 5.92 Å². The van der Waals surface area contributed by atoms with E-state index in [2.05, 4.69) is 15.3 Å². The van der Waals surface area contributed by atoms with E-state index in [0.29, 0.717) is 24.0 Å². The Kier molecular flexibility index (Phi) is 2.89. The lowest BCUT2D eigenvalue weighted by atomic mass is 9.88. The Bertz CT molecular complexity index is 641. The monoisotopic (exact) mass is 267 g/mol. The second-order valence-electron chi connectivity index (χ2n) is 5.01. The fourth-order valence-electron chi connectivity index (χ4n) is 2.64. The molecule has 3 N–H and O–H groups in total. The first-order chi connectivity index (χ1) is 9.07. The third-order valence-corrected chi connectivity index (χ3v) is 3.71. The fraction of sp³-hybridized carbons (Fsp3) is 0.462. The minimum Gasteiger partial charge on any atom is -0.316 e. The molecule has 1 unspecified atom stereocenters.